The number of rotatable bonds is 9. The number of aliphatic hydroxyl groups excluding tert-OH is 1. The summed E-state index contributed by atoms with van der Waals surface area (Å²) in [6.45, 7) is 8.69. The topological polar surface area (TPSA) is 41.9 Å². The molecule has 120 valence electrons. The van der Waals surface area contributed by atoms with E-state index in [0.717, 1.165) is 36.6 Å². The van der Waals surface area contributed by atoms with Crippen molar-refractivity contribution in [2.45, 2.75) is 39.8 Å². The Labute approximate surface area is 128 Å². The van der Waals surface area contributed by atoms with E-state index in [0.29, 0.717) is 12.5 Å². The van der Waals surface area contributed by atoms with Gasteiger partial charge in [-0.15, -0.1) is 0 Å². The van der Waals surface area contributed by atoms with Crippen LogP contribution in [0.2, 0.25) is 0 Å². The molecule has 0 saturated carbocycles. The fourth-order valence-corrected chi connectivity index (χ4v) is 2.27. The van der Waals surface area contributed by atoms with Crippen LogP contribution in [0, 0.1) is 5.92 Å². The van der Waals surface area contributed by atoms with Crippen molar-refractivity contribution in [3.8, 4) is 11.5 Å². The molecule has 21 heavy (non-hydrogen) atoms. The van der Waals surface area contributed by atoms with Gasteiger partial charge in [-0.3, -0.25) is 4.90 Å². The Balaban J connectivity index is 2.80. The Morgan fingerprint density at radius 1 is 1.05 bits per heavy atom. The molecule has 0 spiro atoms. The predicted molar refractivity (Wildman–Crippen MR) is 86.0 cm³/mol. The molecular weight excluding hydrogens is 266 g/mol. The van der Waals surface area contributed by atoms with E-state index in [1.165, 1.54) is 0 Å². The molecule has 0 saturated heterocycles. The molecule has 0 bridgehead atoms. The summed E-state index contributed by atoms with van der Waals surface area (Å²) in [5, 5.41) is 9.68. The van der Waals surface area contributed by atoms with Gasteiger partial charge in [0.05, 0.1) is 20.3 Å². The third-order valence-corrected chi connectivity index (χ3v) is 3.36. The van der Waals surface area contributed by atoms with E-state index in [-0.39, 0.29) is 6.10 Å². The van der Waals surface area contributed by atoms with Gasteiger partial charge in [-0.05, 0) is 43.5 Å². The van der Waals surface area contributed by atoms with Crippen molar-refractivity contribution in [2.75, 3.05) is 27.3 Å². The van der Waals surface area contributed by atoms with Crippen LogP contribution in [0.25, 0.3) is 0 Å². The summed E-state index contributed by atoms with van der Waals surface area (Å²) in [4.78, 5) is 2.28. The molecule has 1 N–H and O–H groups in total. The van der Waals surface area contributed by atoms with Crippen molar-refractivity contribution in [2.24, 2.45) is 5.92 Å². The zero-order chi connectivity index (χ0) is 15.8. The maximum atomic E-state index is 9.68. The van der Waals surface area contributed by atoms with E-state index in [2.05, 4.69) is 18.7 Å². The lowest BCUT2D eigenvalue weighted by Gasteiger charge is -2.25. The molecule has 4 nitrogen and oxygen atoms in total. The normalized spacial score (nSPS) is 12.8. The highest BCUT2D eigenvalue weighted by atomic mass is 16.5. The number of nitrogens with zero attached hydrogens (tertiary/aromatic N) is 1. The highest BCUT2D eigenvalue weighted by Gasteiger charge is 2.11. The summed E-state index contributed by atoms with van der Waals surface area (Å²) >= 11 is 0. The van der Waals surface area contributed by atoms with Crippen LogP contribution in [-0.4, -0.2) is 43.4 Å². The van der Waals surface area contributed by atoms with Crippen LogP contribution in [0.15, 0.2) is 18.2 Å². The summed E-state index contributed by atoms with van der Waals surface area (Å²) in [6, 6.07) is 5.91. The van der Waals surface area contributed by atoms with Crippen molar-refractivity contribution in [1.82, 2.24) is 4.90 Å². The minimum atomic E-state index is -0.329. The van der Waals surface area contributed by atoms with Gasteiger partial charge in [0.25, 0.3) is 0 Å². The van der Waals surface area contributed by atoms with Crippen LogP contribution >= 0.6 is 0 Å². The van der Waals surface area contributed by atoms with E-state index in [1.54, 1.807) is 14.2 Å². The molecule has 0 radical (unpaired) electrons. The Kier molecular flexibility index (Phi) is 7.54. The first-order valence-corrected chi connectivity index (χ1v) is 7.57. The molecule has 4 heteroatoms. The van der Waals surface area contributed by atoms with Gasteiger partial charge in [-0.1, -0.05) is 13.8 Å². The number of hydrogen-bond donors (Lipinski definition) is 1. The summed E-state index contributed by atoms with van der Waals surface area (Å²) < 4.78 is 10.6. The van der Waals surface area contributed by atoms with Crippen LogP contribution in [0.5, 0.6) is 11.5 Å². The molecule has 0 unspecified atom stereocenters. The average Bonchev–Trinajstić information content (AvgIpc) is 2.43. The first-order chi connectivity index (χ1) is 9.94. The second-order valence-electron chi connectivity index (χ2n) is 5.99. The largest absolute Gasteiger partial charge is 0.497 e. The van der Waals surface area contributed by atoms with Gasteiger partial charge in [0.1, 0.15) is 11.5 Å². The first-order valence-electron chi connectivity index (χ1n) is 7.57. The molecule has 1 rings (SSSR count). The lowest BCUT2D eigenvalue weighted by atomic mass is 10.1. The second kappa shape index (κ2) is 8.90. The van der Waals surface area contributed by atoms with Crippen molar-refractivity contribution < 1.29 is 14.6 Å². The molecule has 1 aromatic carbocycles. The number of aliphatic hydroxyl groups is 1. The zero-order valence-corrected chi connectivity index (χ0v) is 13.9. The lowest BCUT2D eigenvalue weighted by molar-refractivity contribution is 0.119. The highest BCUT2D eigenvalue weighted by molar-refractivity contribution is 5.38. The molecular formula is C17H29NO3. The summed E-state index contributed by atoms with van der Waals surface area (Å²) in [5.74, 6) is 2.25. The standard InChI is InChI=1S/C17H29NO3/c1-13(2)6-7-18(11-14(3)19)12-15-8-16(20-4)10-17(9-15)21-5/h8-10,13-14,19H,6-7,11-12H2,1-5H3/t14-/m1/s1. The lowest BCUT2D eigenvalue weighted by Crippen LogP contribution is -2.32. The Morgan fingerprint density at radius 3 is 2.05 bits per heavy atom. The van der Waals surface area contributed by atoms with E-state index in [9.17, 15) is 5.11 Å². The number of benzene rings is 1. The van der Waals surface area contributed by atoms with E-state index >= 15 is 0 Å². The van der Waals surface area contributed by atoms with E-state index in [1.807, 2.05) is 25.1 Å². The molecule has 0 aliphatic rings. The third-order valence-electron chi connectivity index (χ3n) is 3.36. The molecule has 1 aromatic rings. The molecule has 0 aliphatic carbocycles. The SMILES string of the molecule is COc1cc(CN(CCC(C)C)C[C@@H](C)O)cc(OC)c1. The zero-order valence-electron chi connectivity index (χ0n) is 13.9. The molecule has 1 atom stereocenters. The Bertz CT molecular complexity index is 396. The summed E-state index contributed by atoms with van der Waals surface area (Å²) in [7, 11) is 3.32. The summed E-state index contributed by atoms with van der Waals surface area (Å²) in [6.07, 6.45) is 0.790. The van der Waals surface area contributed by atoms with Gasteiger partial charge in [0.2, 0.25) is 0 Å². The van der Waals surface area contributed by atoms with Crippen molar-refractivity contribution in [1.29, 1.82) is 0 Å². The molecule has 0 fully saturated rings. The maximum Gasteiger partial charge on any atom is 0.122 e. The van der Waals surface area contributed by atoms with Gasteiger partial charge >= 0.3 is 0 Å². The second-order valence-corrected chi connectivity index (χ2v) is 5.99. The quantitative estimate of drug-likeness (QED) is 0.760. The molecule has 0 aliphatic heterocycles. The highest BCUT2D eigenvalue weighted by Crippen LogP contribution is 2.23. The van der Waals surface area contributed by atoms with Gasteiger partial charge in [0, 0.05) is 19.2 Å². The van der Waals surface area contributed by atoms with Crippen molar-refractivity contribution >= 4 is 0 Å². The van der Waals surface area contributed by atoms with E-state index in [4.69, 9.17) is 9.47 Å². The number of ether oxygens (including phenoxy) is 2. The Hall–Kier alpha value is -1.26. The molecule has 0 aromatic heterocycles. The minimum absolute atomic E-state index is 0.329. The van der Waals surface area contributed by atoms with Gasteiger partial charge in [-0.2, -0.15) is 0 Å². The van der Waals surface area contributed by atoms with Crippen LogP contribution in [-0.2, 0) is 6.54 Å². The number of hydrogen-bond acceptors (Lipinski definition) is 4. The minimum Gasteiger partial charge on any atom is -0.497 e. The van der Waals surface area contributed by atoms with Crippen LogP contribution < -0.4 is 9.47 Å². The smallest absolute Gasteiger partial charge is 0.122 e. The van der Waals surface area contributed by atoms with Crippen LogP contribution in [0.4, 0.5) is 0 Å². The maximum absolute atomic E-state index is 9.68. The van der Waals surface area contributed by atoms with Crippen molar-refractivity contribution in [3.05, 3.63) is 23.8 Å². The third kappa shape index (κ3) is 6.82. The van der Waals surface area contributed by atoms with Crippen molar-refractivity contribution in [3.63, 3.8) is 0 Å². The van der Waals surface area contributed by atoms with Crippen LogP contribution in [0.3, 0.4) is 0 Å². The van der Waals surface area contributed by atoms with Crippen LogP contribution in [0.1, 0.15) is 32.8 Å². The fourth-order valence-electron chi connectivity index (χ4n) is 2.27. The van der Waals surface area contributed by atoms with Gasteiger partial charge in [-0.25, -0.2) is 0 Å². The monoisotopic (exact) mass is 295 g/mol. The summed E-state index contributed by atoms with van der Waals surface area (Å²) in [5.41, 5.74) is 1.13. The average molecular weight is 295 g/mol. The first kappa shape index (κ1) is 17.8. The van der Waals surface area contributed by atoms with Gasteiger partial charge in [0.15, 0.2) is 0 Å². The van der Waals surface area contributed by atoms with Gasteiger partial charge < -0.3 is 14.6 Å². The number of methoxy groups -OCH3 is 2. The molecule has 0 heterocycles. The molecule has 0 amide bonds. The van der Waals surface area contributed by atoms with E-state index < -0.39 is 0 Å². The predicted octanol–water partition coefficient (Wildman–Crippen LogP) is 2.93. The Morgan fingerprint density at radius 2 is 1.62 bits per heavy atom. The fraction of sp³-hybridized carbons (Fsp3) is 0.647.